The highest BCUT2D eigenvalue weighted by Gasteiger charge is 2.27. The van der Waals surface area contributed by atoms with Crippen LogP contribution < -0.4 is 8.61 Å². The number of sulfonamides is 1. The second kappa shape index (κ2) is 15.7. The van der Waals surface area contributed by atoms with Gasteiger partial charge in [-0.15, -0.1) is 0 Å². The van der Waals surface area contributed by atoms with E-state index in [1.165, 1.54) is 42.5 Å². The number of aromatic nitrogens is 1. The minimum Gasteiger partial charge on any atom is -0.478 e. The molecule has 250 valence electrons. The molecule has 1 aromatic heterocycles. The quantitative estimate of drug-likeness (QED) is 0.0865. The van der Waals surface area contributed by atoms with Gasteiger partial charge >= 0.3 is 5.97 Å². The molecule has 0 radical (unpaired) electrons. The molecular weight excluding hydrogens is 677 g/mol. The molecular formula is C35H33ClFN3O6S2. The van der Waals surface area contributed by atoms with Crippen molar-refractivity contribution < 1.29 is 31.5 Å². The molecule has 0 bridgehead atoms. The van der Waals surface area contributed by atoms with Gasteiger partial charge in [0.15, 0.2) is 0 Å². The molecule has 1 heterocycles. The monoisotopic (exact) mass is 709 g/mol. The first-order chi connectivity index (χ1) is 23.0. The minimum atomic E-state index is -4.09. The lowest BCUT2D eigenvalue weighted by Crippen LogP contribution is -2.35. The van der Waals surface area contributed by atoms with Crippen LogP contribution in [0.2, 0.25) is 5.02 Å². The van der Waals surface area contributed by atoms with E-state index in [1.54, 1.807) is 18.2 Å². The number of para-hydroxylation sites is 1. The maximum atomic E-state index is 14.0. The number of carboxylic acids is 1. The number of rotatable bonds is 15. The number of nitrogens with zero attached hydrogens (tertiary/aromatic N) is 3. The lowest BCUT2D eigenvalue weighted by atomic mass is 10.0. The van der Waals surface area contributed by atoms with Gasteiger partial charge in [-0.25, -0.2) is 21.8 Å². The van der Waals surface area contributed by atoms with Crippen LogP contribution in [-0.2, 0) is 39.9 Å². The SMILES string of the molecule is O=C(O)c1ccccc1N(CCCCN(c1ccc(F)cc1)S(=O)O)S(=O)(=O)Cc1cccc(CCc2ccc3ccc(Cl)cc3n2)c1. The zero-order valence-corrected chi connectivity index (χ0v) is 28.1. The average Bonchev–Trinajstić information content (AvgIpc) is 3.05. The first-order valence-electron chi connectivity index (χ1n) is 15.1. The van der Waals surface area contributed by atoms with Crippen molar-refractivity contribution in [3.63, 3.8) is 0 Å². The summed E-state index contributed by atoms with van der Waals surface area (Å²) < 4.78 is 65.4. The number of hydrogen-bond donors (Lipinski definition) is 2. The molecule has 0 amide bonds. The number of carboxylic acid groups (broad SMARTS) is 1. The number of halogens is 2. The van der Waals surface area contributed by atoms with Gasteiger partial charge in [-0.2, -0.15) is 0 Å². The summed E-state index contributed by atoms with van der Waals surface area (Å²) in [5, 5.41) is 11.4. The first-order valence-corrected chi connectivity index (χ1v) is 18.1. The smallest absolute Gasteiger partial charge is 0.337 e. The van der Waals surface area contributed by atoms with E-state index in [1.807, 2.05) is 42.5 Å². The summed E-state index contributed by atoms with van der Waals surface area (Å²) in [6.07, 6.45) is 1.78. The molecule has 0 spiro atoms. The summed E-state index contributed by atoms with van der Waals surface area (Å²) in [7, 11) is -4.09. The first kappa shape index (κ1) is 35.0. The molecule has 0 fully saturated rings. The van der Waals surface area contributed by atoms with Crippen molar-refractivity contribution in [2.45, 2.75) is 31.4 Å². The molecule has 0 aliphatic heterocycles. The zero-order valence-electron chi connectivity index (χ0n) is 25.7. The number of benzene rings is 4. The molecule has 0 aliphatic carbocycles. The van der Waals surface area contributed by atoms with Crippen molar-refractivity contribution in [1.82, 2.24) is 4.98 Å². The van der Waals surface area contributed by atoms with Crippen molar-refractivity contribution >= 4 is 61.1 Å². The third-order valence-corrected chi connectivity index (χ3v) is 10.5. The van der Waals surface area contributed by atoms with Gasteiger partial charge < -0.3 is 5.11 Å². The number of carbonyl (C=O) groups is 1. The van der Waals surface area contributed by atoms with Crippen LogP contribution in [0.25, 0.3) is 10.9 Å². The van der Waals surface area contributed by atoms with Gasteiger partial charge in [0.1, 0.15) is 5.82 Å². The van der Waals surface area contributed by atoms with E-state index in [-0.39, 0.29) is 42.9 Å². The van der Waals surface area contributed by atoms with Gasteiger partial charge in [0.25, 0.3) is 11.3 Å². The van der Waals surface area contributed by atoms with Crippen molar-refractivity contribution in [3.8, 4) is 0 Å². The maximum Gasteiger partial charge on any atom is 0.337 e. The van der Waals surface area contributed by atoms with Crippen molar-refractivity contribution in [2.75, 3.05) is 21.7 Å². The Balaban J connectivity index is 1.31. The molecule has 48 heavy (non-hydrogen) atoms. The highest BCUT2D eigenvalue weighted by molar-refractivity contribution is 7.92. The number of aryl methyl sites for hydroxylation is 2. The van der Waals surface area contributed by atoms with Crippen LogP contribution in [0, 0.1) is 5.82 Å². The van der Waals surface area contributed by atoms with Gasteiger partial charge in [0.05, 0.1) is 28.2 Å². The lowest BCUT2D eigenvalue weighted by Gasteiger charge is -2.27. The number of pyridine rings is 1. The summed E-state index contributed by atoms with van der Waals surface area (Å²) in [5.74, 6) is -2.13. The molecule has 0 saturated heterocycles. The van der Waals surface area contributed by atoms with Crippen LogP contribution in [0.15, 0.2) is 103 Å². The highest BCUT2D eigenvalue weighted by Crippen LogP contribution is 2.27. The van der Waals surface area contributed by atoms with Gasteiger partial charge in [-0.05, 0) is 91.4 Å². The molecule has 2 N–H and O–H groups in total. The predicted octanol–water partition coefficient (Wildman–Crippen LogP) is 7.27. The Morgan fingerprint density at radius 3 is 2.31 bits per heavy atom. The van der Waals surface area contributed by atoms with Crippen LogP contribution in [-0.4, -0.2) is 46.3 Å². The molecule has 9 nitrogen and oxygen atoms in total. The molecule has 1 atom stereocenters. The van der Waals surface area contributed by atoms with Gasteiger partial charge in [-0.1, -0.05) is 60.1 Å². The fourth-order valence-electron chi connectivity index (χ4n) is 5.40. The van der Waals surface area contributed by atoms with E-state index in [2.05, 4.69) is 0 Å². The Kier molecular flexibility index (Phi) is 11.4. The minimum absolute atomic E-state index is 0.0322. The molecule has 0 aliphatic rings. The Morgan fingerprint density at radius 1 is 0.854 bits per heavy atom. The summed E-state index contributed by atoms with van der Waals surface area (Å²) in [6.45, 7) is 0.00362. The topological polar surface area (TPSA) is 128 Å². The van der Waals surface area contributed by atoms with Crippen LogP contribution >= 0.6 is 11.6 Å². The molecule has 4 aromatic carbocycles. The van der Waals surface area contributed by atoms with E-state index in [0.717, 1.165) is 30.8 Å². The maximum absolute atomic E-state index is 14.0. The summed E-state index contributed by atoms with van der Waals surface area (Å²) in [6, 6.07) is 27.8. The van der Waals surface area contributed by atoms with E-state index in [9.17, 15) is 31.5 Å². The third-order valence-electron chi connectivity index (χ3n) is 7.74. The van der Waals surface area contributed by atoms with E-state index in [4.69, 9.17) is 16.6 Å². The van der Waals surface area contributed by atoms with Crippen LogP contribution in [0.5, 0.6) is 0 Å². The Hall–Kier alpha value is -4.36. The number of unbranched alkanes of at least 4 members (excludes halogenated alkanes) is 1. The van der Waals surface area contributed by atoms with Gasteiger partial charge in [0.2, 0.25) is 10.0 Å². The Bertz CT molecular complexity index is 2050. The zero-order chi connectivity index (χ0) is 34.3. The number of aromatic carboxylic acids is 1. The van der Waals surface area contributed by atoms with E-state index >= 15 is 0 Å². The molecule has 5 rings (SSSR count). The number of fused-ring (bicyclic) bond motifs is 1. The third kappa shape index (κ3) is 8.95. The molecule has 0 saturated carbocycles. The van der Waals surface area contributed by atoms with Gasteiger partial charge in [0, 0.05) is 29.2 Å². The molecule has 13 heteroatoms. The van der Waals surface area contributed by atoms with Crippen LogP contribution in [0.1, 0.15) is 40.0 Å². The number of hydrogen-bond acceptors (Lipinski definition) is 5. The van der Waals surface area contributed by atoms with Crippen LogP contribution in [0.3, 0.4) is 0 Å². The average molecular weight is 710 g/mol. The van der Waals surface area contributed by atoms with Crippen LogP contribution in [0.4, 0.5) is 15.8 Å². The largest absolute Gasteiger partial charge is 0.478 e. The van der Waals surface area contributed by atoms with E-state index in [0.29, 0.717) is 29.1 Å². The second-order valence-corrected chi connectivity index (χ2v) is 14.4. The van der Waals surface area contributed by atoms with Crippen molar-refractivity contribution in [2.24, 2.45) is 0 Å². The molecule has 5 aromatic rings. The van der Waals surface area contributed by atoms with Crippen molar-refractivity contribution in [1.29, 1.82) is 0 Å². The van der Waals surface area contributed by atoms with E-state index < -0.39 is 33.1 Å². The summed E-state index contributed by atoms with van der Waals surface area (Å²) >= 11 is 3.74. The van der Waals surface area contributed by atoms with Gasteiger partial charge in [-0.3, -0.25) is 18.1 Å². The van der Waals surface area contributed by atoms with Crippen molar-refractivity contribution in [3.05, 3.63) is 136 Å². The summed E-state index contributed by atoms with van der Waals surface area (Å²) in [4.78, 5) is 16.8. The highest BCUT2D eigenvalue weighted by atomic mass is 35.5. The fraction of sp³-hybridized carbons (Fsp3) is 0.200. The summed E-state index contributed by atoms with van der Waals surface area (Å²) in [5.41, 5.74) is 3.34. The second-order valence-electron chi connectivity index (χ2n) is 11.1. The standard InChI is InChI=1S/C35H33ClFN3O6S2/c36-28-13-11-27-12-17-30(38-33(27)23-28)16-10-25-6-5-7-26(22-25)24-48(45,46)40(34-9-2-1-8-32(34)35(41)42)21-4-3-20-39(47(43)44)31-18-14-29(37)15-19-31/h1-2,5-9,11-15,17-19,22-23H,3-4,10,16,20-21,24H2,(H,41,42)(H,43,44). The normalized spacial score (nSPS) is 12.1. The predicted molar refractivity (Wildman–Crippen MR) is 188 cm³/mol. The Labute approximate surface area is 286 Å². The lowest BCUT2D eigenvalue weighted by molar-refractivity contribution is 0.0697. The fourth-order valence-corrected chi connectivity index (χ4v) is 7.78. The molecule has 1 unspecified atom stereocenters. The number of anilines is 2. The Morgan fingerprint density at radius 2 is 1.56 bits per heavy atom.